The Kier molecular flexibility index (Phi) is 4.39. The van der Waals surface area contributed by atoms with Crippen molar-refractivity contribution in [3.8, 4) is 0 Å². The first-order valence-electron chi connectivity index (χ1n) is 5.71. The fourth-order valence-corrected chi connectivity index (χ4v) is 2.89. The molecule has 7 heteroatoms. The SMILES string of the molecule is CS(=O)(=O)c1cccnc1NCc1cc(Br)ccc1F. The zero-order chi connectivity index (χ0) is 14.8. The van der Waals surface area contributed by atoms with Crippen molar-refractivity contribution in [2.75, 3.05) is 11.6 Å². The summed E-state index contributed by atoms with van der Waals surface area (Å²) in [5.41, 5.74) is 0.421. The Morgan fingerprint density at radius 2 is 2.10 bits per heavy atom. The van der Waals surface area contributed by atoms with E-state index >= 15 is 0 Å². The van der Waals surface area contributed by atoms with E-state index in [0.717, 1.165) is 10.7 Å². The highest BCUT2D eigenvalue weighted by Crippen LogP contribution is 2.20. The highest BCUT2D eigenvalue weighted by Gasteiger charge is 2.14. The first-order valence-corrected chi connectivity index (χ1v) is 8.39. The number of sulfone groups is 1. The molecule has 0 spiro atoms. The molecule has 106 valence electrons. The van der Waals surface area contributed by atoms with E-state index in [4.69, 9.17) is 0 Å². The quantitative estimate of drug-likeness (QED) is 0.912. The van der Waals surface area contributed by atoms with Crippen LogP contribution in [0.5, 0.6) is 0 Å². The number of nitrogens with zero attached hydrogens (tertiary/aromatic N) is 1. The maximum atomic E-state index is 13.6. The van der Waals surface area contributed by atoms with Gasteiger partial charge in [-0.05, 0) is 30.3 Å². The van der Waals surface area contributed by atoms with Gasteiger partial charge in [0.1, 0.15) is 16.5 Å². The first-order chi connectivity index (χ1) is 9.38. The van der Waals surface area contributed by atoms with Crippen molar-refractivity contribution >= 4 is 31.6 Å². The molecule has 1 N–H and O–H groups in total. The Morgan fingerprint density at radius 1 is 1.35 bits per heavy atom. The van der Waals surface area contributed by atoms with Crippen molar-refractivity contribution in [3.63, 3.8) is 0 Å². The fourth-order valence-electron chi connectivity index (χ4n) is 1.68. The molecule has 2 rings (SSSR count). The van der Waals surface area contributed by atoms with Crippen LogP contribution in [-0.2, 0) is 16.4 Å². The zero-order valence-electron chi connectivity index (χ0n) is 10.6. The molecule has 1 heterocycles. The van der Waals surface area contributed by atoms with Crippen LogP contribution in [0.1, 0.15) is 5.56 Å². The normalized spacial score (nSPS) is 11.3. The van der Waals surface area contributed by atoms with Gasteiger partial charge in [0.25, 0.3) is 0 Å². The van der Waals surface area contributed by atoms with Gasteiger partial charge in [0, 0.05) is 29.0 Å². The summed E-state index contributed by atoms with van der Waals surface area (Å²) in [6.07, 6.45) is 2.59. The van der Waals surface area contributed by atoms with Crippen LogP contribution in [0.25, 0.3) is 0 Å². The predicted molar refractivity (Wildman–Crippen MR) is 78.8 cm³/mol. The van der Waals surface area contributed by atoms with Crippen molar-refractivity contribution in [1.82, 2.24) is 4.98 Å². The van der Waals surface area contributed by atoms with Crippen molar-refractivity contribution < 1.29 is 12.8 Å². The van der Waals surface area contributed by atoms with Crippen molar-refractivity contribution in [1.29, 1.82) is 0 Å². The molecule has 20 heavy (non-hydrogen) atoms. The van der Waals surface area contributed by atoms with Gasteiger partial charge < -0.3 is 5.32 Å². The van der Waals surface area contributed by atoms with Gasteiger partial charge in [-0.3, -0.25) is 0 Å². The second-order valence-corrected chi connectivity index (χ2v) is 7.11. The summed E-state index contributed by atoms with van der Waals surface area (Å²) in [5.74, 6) is -0.146. The lowest BCUT2D eigenvalue weighted by Crippen LogP contribution is -2.08. The molecule has 1 aromatic carbocycles. The molecule has 0 saturated heterocycles. The van der Waals surface area contributed by atoms with E-state index in [1.54, 1.807) is 18.2 Å². The summed E-state index contributed by atoms with van der Waals surface area (Å²) in [6, 6.07) is 7.58. The number of halogens is 2. The minimum absolute atomic E-state index is 0.0930. The van der Waals surface area contributed by atoms with Gasteiger partial charge in [-0.2, -0.15) is 0 Å². The number of pyridine rings is 1. The van der Waals surface area contributed by atoms with Crippen LogP contribution >= 0.6 is 15.9 Å². The van der Waals surface area contributed by atoms with E-state index in [1.165, 1.54) is 18.3 Å². The Morgan fingerprint density at radius 3 is 2.80 bits per heavy atom. The average Bonchev–Trinajstić information content (AvgIpc) is 2.39. The van der Waals surface area contributed by atoms with Crippen LogP contribution in [0.3, 0.4) is 0 Å². The Balaban J connectivity index is 2.26. The van der Waals surface area contributed by atoms with Gasteiger partial charge in [-0.25, -0.2) is 17.8 Å². The van der Waals surface area contributed by atoms with Crippen molar-refractivity contribution in [2.24, 2.45) is 0 Å². The molecule has 4 nitrogen and oxygen atoms in total. The highest BCUT2D eigenvalue weighted by atomic mass is 79.9. The van der Waals surface area contributed by atoms with Gasteiger partial charge in [-0.15, -0.1) is 0 Å². The molecule has 0 aliphatic heterocycles. The van der Waals surface area contributed by atoms with Gasteiger partial charge in [0.2, 0.25) is 0 Å². The monoisotopic (exact) mass is 358 g/mol. The van der Waals surface area contributed by atoms with Crippen LogP contribution in [-0.4, -0.2) is 19.7 Å². The standard InChI is InChI=1S/C13H12BrFN2O2S/c1-20(18,19)12-3-2-6-16-13(12)17-8-9-7-10(14)4-5-11(9)15/h2-7H,8H2,1H3,(H,16,17). The summed E-state index contributed by atoms with van der Waals surface area (Å²) in [7, 11) is -3.38. The number of nitrogens with one attached hydrogen (secondary N) is 1. The van der Waals surface area contributed by atoms with Gasteiger partial charge in [0.05, 0.1) is 0 Å². The maximum absolute atomic E-state index is 13.6. The van der Waals surface area contributed by atoms with E-state index < -0.39 is 9.84 Å². The average molecular weight is 359 g/mol. The van der Waals surface area contributed by atoms with E-state index in [0.29, 0.717) is 5.56 Å². The molecule has 1 aromatic heterocycles. The molecule has 0 unspecified atom stereocenters. The summed E-state index contributed by atoms with van der Waals surface area (Å²) < 4.78 is 37.6. The smallest absolute Gasteiger partial charge is 0.179 e. The largest absolute Gasteiger partial charge is 0.365 e. The number of hydrogen-bond donors (Lipinski definition) is 1. The third-order valence-corrected chi connectivity index (χ3v) is 4.25. The topological polar surface area (TPSA) is 59.1 Å². The number of anilines is 1. The van der Waals surface area contributed by atoms with E-state index in [1.807, 2.05) is 0 Å². The number of aromatic nitrogens is 1. The Bertz CT molecular complexity index is 735. The lowest BCUT2D eigenvalue weighted by Gasteiger charge is -2.10. The van der Waals surface area contributed by atoms with Gasteiger partial charge in [0.15, 0.2) is 9.84 Å². The summed E-state index contributed by atoms with van der Waals surface area (Å²) >= 11 is 3.26. The lowest BCUT2D eigenvalue weighted by molar-refractivity contribution is 0.601. The van der Waals surface area contributed by atoms with Crippen LogP contribution in [0.2, 0.25) is 0 Å². The van der Waals surface area contributed by atoms with E-state index in [2.05, 4.69) is 26.2 Å². The van der Waals surface area contributed by atoms with Crippen LogP contribution < -0.4 is 5.32 Å². The molecule has 0 fully saturated rings. The number of benzene rings is 1. The molecular weight excluding hydrogens is 347 g/mol. The zero-order valence-corrected chi connectivity index (χ0v) is 13.0. The number of hydrogen-bond acceptors (Lipinski definition) is 4. The van der Waals surface area contributed by atoms with Crippen LogP contribution in [0.15, 0.2) is 45.9 Å². The van der Waals surface area contributed by atoms with Crippen molar-refractivity contribution in [3.05, 3.63) is 52.4 Å². The summed E-state index contributed by atoms with van der Waals surface area (Å²) in [5, 5.41) is 2.85. The Labute approximate surface area is 125 Å². The third-order valence-electron chi connectivity index (χ3n) is 2.62. The third kappa shape index (κ3) is 3.55. The van der Waals surface area contributed by atoms with Gasteiger partial charge in [-0.1, -0.05) is 15.9 Å². The molecule has 0 aliphatic carbocycles. The first kappa shape index (κ1) is 14.9. The predicted octanol–water partition coefficient (Wildman–Crippen LogP) is 3.00. The van der Waals surface area contributed by atoms with Crippen molar-refractivity contribution in [2.45, 2.75) is 11.4 Å². The Hall–Kier alpha value is -1.47. The molecular formula is C13H12BrFN2O2S. The minimum atomic E-state index is -3.38. The van der Waals surface area contributed by atoms with E-state index in [9.17, 15) is 12.8 Å². The van der Waals surface area contributed by atoms with E-state index in [-0.39, 0.29) is 23.1 Å². The molecule has 0 radical (unpaired) electrons. The summed E-state index contributed by atoms with van der Waals surface area (Å²) in [6.45, 7) is 0.144. The molecule has 0 aliphatic rings. The molecule has 0 saturated carbocycles. The molecule has 0 amide bonds. The molecule has 2 aromatic rings. The summed E-state index contributed by atoms with van der Waals surface area (Å²) in [4.78, 5) is 4.08. The second kappa shape index (κ2) is 5.88. The molecule has 0 bridgehead atoms. The maximum Gasteiger partial charge on any atom is 0.179 e. The lowest BCUT2D eigenvalue weighted by atomic mass is 10.2. The van der Waals surface area contributed by atoms with Crippen LogP contribution in [0, 0.1) is 5.82 Å². The van der Waals surface area contributed by atoms with Crippen LogP contribution in [0.4, 0.5) is 10.2 Å². The number of rotatable bonds is 4. The second-order valence-electron chi connectivity index (χ2n) is 4.21. The van der Waals surface area contributed by atoms with Gasteiger partial charge >= 0.3 is 0 Å². The fraction of sp³-hybridized carbons (Fsp3) is 0.154. The molecule has 0 atom stereocenters. The minimum Gasteiger partial charge on any atom is -0.365 e. The highest BCUT2D eigenvalue weighted by molar-refractivity contribution is 9.10.